The number of nitrogens with two attached hydrogens (primary N) is 1. The first-order chi connectivity index (χ1) is 9.70. The van der Waals surface area contributed by atoms with Crippen LogP contribution in [0.3, 0.4) is 0 Å². The van der Waals surface area contributed by atoms with E-state index in [4.69, 9.17) is 10.6 Å². The number of carbonyl (C=O) groups excluding carboxylic acids is 1. The molecule has 1 saturated carbocycles. The van der Waals surface area contributed by atoms with Crippen molar-refractivity contribution in [2.75, 3.05) is 18.6 Å². The Labute approximate surface area is 119 Å². The van der Waals surface area contributed by atoms with Gasteiger partial charge in [-0.15, -0.1) is 0 Å². The Balaban J connectivity index is 1.88. The van der Waals surface area contributed by atoms with E-state index >= 15 is 0 Å². The number of aryl methyl sites for hydroxylation is 1. The van der Waals surface area contributed by atoms with Gasteiger partial charge in [0.05, 0.1) is 30.0 Å². The van der Waals surface area contributed by atoms with Crippen molar-refractivity contribution in [3.8, 4) is 0 Å². The summed E-state index contributed by atoms with van der Waals surface area (Å²) in [6.07, 6.45) is 3.44. The van der Waals surface area contributed by atoms with Crippen LogP contribution < -0.4 is 11.3 Å². The molecule has 3 rings (SSSR count). The smallest absolute Gasteiger partial charge is 0.256 e. The molecule has 0 bridgehead atoms. The van der Waals surface area contributed by atoms with Crippen molar-refractivity contribution in [2.45, 2.75) is 38.3 Å². The van der Waals surface area contributed by atoms with Gasteiger partial charge in [-0.05, 0) is 43.9 Å². The van der Waals surface area contributed by atoms with Gasteiger partial charge in [0.15, 0.2) is 0 Å². The van der Waals surface area contributed by atoms with Crippen LogP contribution in [0.2, 0.25) is 0 Å². The highest BCUT2D eigenvalue weighted by molar-refractivity contribution is 6.00. The molecular formula is C15H21N3O2. The van der Waals surface area contributed by atoms with Gasteiger partial charge >= 0.3 is 0 Å². The molecule has 1 saturated heterocycles. The van der Waals surface area contributed by atoms with Crippen molar-refractivity contribution in [1.29, 1.82) is 0 Å². The number of nitrogens with zero attached hydrogens (tertiary/aromatic N) is 1. The summed E-state index contributed by atoms with van der Waals surface area (Å²) in [7, 11) is 0. The van der Waals surface area contributed by atoms with Crippen LogP contribution in [0.1, 0.15) is 35.2 Å². The second kappa shape index (κ2) is 5.42. The highest BCUT2D eigenvalue weighted by Crippen LogP contribution is 2.31. The van der Waals surface area contributed by atoms with Crippen molar-refractivity contribution in [1.82, 2.24) is 4.90 Å². The van der Waals surface area contributed by atoms with E-state index < -0.39 is 0 Å². The molecule has 3 N–H and O–H groups in total. The molecule has 1 aliphatic heterocycles. The summed E-state index contributed by atoms with van der Waals surface area (Å²) >= 11 is 0. The highest BCUT2D eigenvalue weighted by Gasteiger charge is 2.39. The molecule has 1 aliphatic carbocycles. The number of rotatable bonds is 2. The predicted molar refractivity (Wildman–Crippen MR) is 77.4 cm³/mol. The molecule has 108 valence electrons. The average molecular weight is 275 g/mol. The normalized spacial score (nSPS) is 25.4. The Kier molecular flexibility index (Phi) is 3.63. The fourth-order valence-electron chi connectivity index (χ4n) is 3.30. The van der Waals surface area contributed by atoms with E-state index in [1.807, 2.05) is 30.0 Å². The summed E-state index contributed by atoms with van der Waals surface area (Å²) in [4.78, 5) is 14.8. The van der Waals surface area contributed by atoms with Crippen LogP contribution >= 0.6 is 0 Å². The number of benzene rings is 1. The molecule has 1 aromatic rings. The maximum atomic E-state index is 12.8. The second-order valence-corrected chi connectivity index (χ2v) is 5.60. The average Bonchev–Trinajstić information content (AvgIpc) is 2.94. The van der Waals surface area contributed by atoms with Gasteiger partial charge in [-0.25, -0.2) is 0 Å². The molecule has 1 aromatic carbocycles. The Bertz CT molecular complexity index is 518. The zero-order chi connectivity index (χ0) is 14.1. The Morgan fingerprint density at radius 1 is 1.45 bits per heavy atom. The van der Waals surface area contributed by atoms with Gasteiger partial charge in [0, 0.05) is 6.54 Å². The summed E-state index contributed by atoms with van der Waals surface area (Å²) < 4.78 is 5.76. The van der Waals surface area contributed by atoms with Gasteiger partial charge in [0.2, 0.25) is 0 Å². The highest BCUT2D eigenvalue weighted by atomic mass is 16.5. The number of anilines is 1. The molecule has 1 amide bonds. The number of morpholine rings is 1. The molecule has 20 heavy (non-hydrogen) atoms. The molecule has 5 heteroatoms. The van der Waals surface area contributed by atoms with Crippen LogP contribution in [0.4, 0.5) is 5.69 Å². The molecule has 2 fully saturated rings. The Hall–Kier alpha value is -1.59. The number of amides is 1. The summed E-state index contributed by atoms with van der Waals surface area (Å²) in [5.74, 6) is 5.60. The maximum Gasteiger partial charge on any atom is 0.256 e. The lowest BCUT2D eigenvalue weighted by atomic mass is 10.1. The first kappa shape index (κ1) is 13.4. The number of hydrogen-bond acceptors (Lipinski definition) is 4. The Morgan fingerprint density at radius 3 is 3.10 bits per heavy atom. The minimum Gasteiger partial charge on any atom is -0.374 e. The third-order valence-corrected chi connectivity index (χ3v) is 4.30. The van der Waals surface area contributed by atoms with Crippen LogP contribution in [0.15, 0.2) is 18.2 Å². The van der Waals surface area contributed by atoms with Gasteiger partial charge in [0.25, 0.3) is 5.91 Å². The maximum absolute atomic E-state index is 12.8. The molecule has 5 nitrogen and oxygen atoms in total. The third-order valence-electron chi connectivity index (χ3n) is 4.30. The van der Waals surface area contributed by atoms with E-state index in [1.54, 1.807) is 0 Å². The fraction of sp³-hybridized carbons (Fsp3) is 0.533. The second-order valence-electron chi connectivity index (χ2n) is 5.60. The lowest BCUT2D eigenvalue weighted by molar-refractivity contribution is -0.0445. The van der Waals surface area contributed by atoms with Crippen molar-refractivity contribution < 1.29 is 9.53 Å². The van der Waals surface area contributed by atoms with E-state index in [2.05, 4.69) is 5.43 Å². The van der Waals surface area contributed by atoms with Crippen molar-refractivity contribution in [2.24, 2.45) is 5.84 Å². The van der Waals surface area contributed by atoms with Crippen molar-refractivity contribution in [3.05, 3.63) is 29.3 Å². The molecule has 0 aromatic heterocycles. The van der Waals surface area contributed by atoms with Gasteiger partial charge in [-0.1, -0.05) is 6.07 Å². The van der Waals surface area contributed by atoms with Gasteiger partial charge < -0.3 is 15.1 Å². The number of ether oxygens (including phenoxy) is 1. The topological polar surface area (TPSA) is 67.6 Å². The molecule has 0 spiro atoms. The zero-order valence-corrected chi connectivity index (χ0v) is 11.8. The monoisotopic (exact) mass is 275 g/mol. The molecule has 2 aliphatic rings. The molecule has 0 radical (unpaired) electrons. The van der Waals surface area contributed by atoms with Crippen LogP contribution in [0.25, 0.3) is 0 Å². The van der Waals surface area contributed by atoms with Crippen molar-refractivity contribution >= 4 is 11.6 Å². The number of hydrazine groups is 1. The SMILES string of the molecule is Cc1ccc(C(=O)N2CCOC3CCCC32)c(NN)c1. The van der Waals surface area contributed by atoms with E-state index in [9.17, 15) is 4.79 Å². The van der Waals surface area contributed by atoms with E-state index in [-0.39, 0.29) is 18.1 Å². The number of hydrogen-bond donors (Lipinski definition) is 2. The van der Waals surface area contributed by atoms with Crippen LogP contribution in [0, 0.1) is 6.92 Å². The van der Waals surface area contributed by atoms with Gasteiger partial charge in [-0.2, -0.15) is 0 Å². The lowest BCUT2D eigenvalue weighted by Gasteiger charge is -2.38. The first-order valence-corrected chi connectivity index (χ1v) is 7.20. The quantitative estimate of drug-likeness (QED) is 0.636. The van der Waals surface area contributed by atoms with Crippen LogP contribution in [-0.2, 0) is 4.74 Å². The molecule has 2 unspecified atom stereocenters. The molecular weight excluding hydrogens is 254 g/mol. The molecule has 1 heterocycles. The van der Waals surface area contributed by atoms with E-state index in [1.165, 1.54) is 0 Å². The zero-order valence-electron chi connectivity index (χ0n) is 11.8. The minimum absolute atomic E-state index is 0.0538. The lowest BCUT2D eigenvalue weighted by Crippen LogP contribution is -2.51. The number of nitrogens with one attached hydrogen (secondary N) is 1. The van der Waals surface area contributed by atoms with Crippen LogP contribution in [-0.4, -0.2) is 36.1 Å². The summed E-state index contributed by atoms with van der Waals surface area (Å²) in [5.41, 5.74) is 5.05. The largest absolute Gasteiger partial charge is 0.374 e. The summed E-state index contributed by atoms with van der Waals surface area (Å²) in [5, 5.41) is 0. The number of fused-ring (bicyclic) bond motifs is 1. The van der Waals surface area contributed by atoms with E-state index in [0.29, 0.717) is 24.4 Å². The minimum atomic E-state index is 0.0538. The number of nitrogen functional groups attached to an aromatic ring is 1. The standard InChI is InChI=1S/C15H21N3O2/c1-10-5-6-11(12(9-10)17-16)15(19)18-7-8-20-14-4-2-3-13(14)18/h5-6,9,13-14,17H,2-4,7-8,16H2,1H3. The first-order valence-electron chi connectivity index (χ1n) is 7.20. The summed E-state index contributed by atoms with van der Waals surface area (Å²) in [6, 6.07) is 5.93. The summed E-state index contributed by atoms with van der Waals surface area (Å²) in [6.45, 7) is 3.28. The van der Waals surface area contributed by atoms with Crippen LogP contribution in [0.5, 0.6) is 0 Å². The Morgan fingerprint density at radius 2 is 2.30 bits per heavy atom. The fourth-order valence-corrected chi connectivity index (χ4v) is 3.30. The number of carbonyl (C=O) groups is 1. The van der Waals surface area contributed by atoms with Gasteiger partial charge in [-0.3, -0.25) is 10.6 Å². The van der Waals surface area contributed by atoms with Crippen molar-refractivity contribution in [3.63, 3.8) is 0 Å². The molecule has 2 atom stereocenters. The predicted octanol–water partition coefficient (Wildman–Crippen LogP) is 1.67. The third kappa shape index (κ3) is 2.27. The van der Waals surface area contributed by atoms with Gasteiger partial charge in [0.1, 0.15) is 0 Å². The van der Waals surface area contributed by atoms with E-state index in [0.717, 1.165) is 24.8 Å².